The van der Waals surface area contributed by atoms with Crippen LogP contribution in [0.15, 0.2) is 30.3 Å². The fourth-order valence-corrected chi connectivity index (χ4v) is 2.01. The van der Waals surface area contributed by atoms with Crippen molar-refractivity contribution in [3.05, 3.63) is 35.9 Å². The summed E-state index contributed by atoms with van der Waals surface area (Å²) in [7, 11) is 0. The van der Waals surface area contributed by atoms with Crippen molar-refractivity contribution in [3.63, 3.8) is 0 Å². The van der Waals surface area contributed by atoms with Gasteiger partial charge in [0.25, 0.3) is 0 Å². The largest absolute Gasteiger partial charge is 0.354 e. The maximum Gasteiger partial charge on any atom is 0.237 e. The van der Waals surface area contributed by atoms with Crippen molar-refractivity contribution < 1.29 is 4.79 Å². The molecule has 2 rings (SSSR count). The predicted octanol–water partition coefficient (Wildman–Crippen LogP) is 1.10. The Morgan fingerprint density at radius 2 is 2.19 bits per heavy atom. The molecule has 1 aromatic rings. The Balaban J connectivity index is 1.70. The van der Waals surface area contributed by atoms with E-state index < -0.39 is 0 Å². The first-order valence-electron chi connectivity index (χ1n) is 5.91. The monoisotopic (exact) mass is 218 g/mol. The van der Waals surface area contributed by atoms with Crippen LogP contribution in [-0.4, -0.2) is 25.0 Å². The van der Waals surface area contributed by atoms with E-state index in [9.17, 15) is 4.79 Å². The van der Waals surface area contributed by atoms with Crippen LogP contribution in [-0.2, 0) is 11.2 Å². The van der Waals surface area contributed by atoms with Gasteiger partial charge in [-0.1, -0.05) is 30.3 Å². The normalized spacial score (nSPS) is 19.6. The lowest BCUT2D eigenvalue weighted by Crippen LogP contribution is -2.41. The molecular formula is C13H18N2O. The Labute approximate surface area is 96.2 Å². The second-order valence-electron chi connectivity index (χ2n) is 4.18. The van der Waals surface area contributed by atoms with E-state index in [1.807, 2.05) is 18.2 Å². The van der Waals surface area contributed by atoms with Crippen LogP contribution in [0.3, 0.4) is 0 Å². The third kappa shape index (κ3) is 3.07. The van der Waals surface area contributed by atoms with E-state index in [1.165, 1.54) is 5.56 Å². The van der Waals surface area contributed by atoms with E-state index in [4.69, 9.17) is 0 Å². The standard InChI is InChI=1S/C13H18N2O/c16-13(12-7-4-9-14-12)15-10-8-11-5-2-1-3-6-11/h1-3,5-6,12,14H,4,7-10H2,(H,15,16)/t12-/m0/s1. The predicted molar refractivity (Wildman–Crippen MR) is 64.2 cm³/mol. The van der Waals surface area contributed by atoms with Gasteiger partial charge >= 0.3 is 0 Å². The molecule has 0 aromatic heterocycles. The Morgan fingerprint density at radius 3 is 2.88 bits per heavy atom. The van der Waals surface area contributed by atoms with E-state index in [0.29, 0.717) is 0 Å². The van der Waals surface area contributed by atoms with Gasteiger partial charge in [0.2, 0.25) is 5.91 Å². The Morgan fingerprint density at radius 1 is 1.38 bits per heavy atom. The molecule has 1 aromatic carbocycles. The lowest BCUT2D eigenvalue weighted by atomic mass is 10.1. The van der Waals surface area contributed by atoms with Gasteiger partial charge in [-0.05, 0) is 31.4 Å². The number of hydrogen-bond acceptors (Lipinski definition) is 2. The molecular weight excluding hydrogens is 200 g/mol. The fourth-order valence-electron chi connectivity index (χ4n) is 2.01. The average Bonchev–Trinajstić information content (AvgIpc) is 2.84. The van der Waals surface area contributed by atoms with E-state index in [0.717, 1.165) is 32.4 Å². The highest BCUT2D eigenvalue weighted by atomic mass is 16.2. The van der Waals surface area contributed by atoms with Crippen molar-refractivity contribution in [1.29, 1.82) is 0 Å². The highest BCUT2D eigenvalue weighted by Crippen LogP contribution is 2.04. The number of amides is 1. The first-order valence-corrected chi connectivity index (χ1v) is 5.91. The lowest BCUT2D eigenvalue weighted by molar-refractivity contribution is -0.122. The molecule has 1 atom stereocenters. The number of rotatable bonds is 4. The maximum atomic E-state index is 11.7. The van der Waals surface area contributed by atoms with Gasteiger partial charge in [0.15, 0.2) is 0 Å². The minimum Gasteiger partial charge on any atom is -0.354 e. The molecule has 1 heterocycles. The minimum atomic E-state index is 0.0378. The molecule has 0 radical (unpaired) electrons. The highest BCUT2D eigenvalue weighted by molar-refractivity contribution is 5.81. The number of nitrogens with one attached hydrogen (secondary N) is 2. The Hall–Kier alpha value is -1.35. The summed E-state index contributed by atoms with van der Waals surface area (Å²) < 4.78 is 0. The van der Waals surface area contributed by atoms with Crippen molar-refractivity contribution in [2.24, 2.45) is 0 Å². The van der Waals surface area contributed by atoms with E-state index >= 15 is 0 Å². The summed E-state index contributed by atoms with van der Waals surface area (Å²) in [5.41, 5.74) is 1.27. The molecule has 1 fully saturated rings. The molecule has 0 unspecified atom stereocenters. The van der Waals surface area contributed by atoms with Crippen molar-refractivity contribution >= 4 is 5.91 Å². The molecule has 1 aliphatic rings. The van der Waals surface area contributed by atoms with Crippen LogP contribution in [0.4, 0.5) is 0 Å². The second kappa shape index (κ2) is 5.66. The highest BCUT2D eigenvalue weighted by Gasteiger charge is 2.20. The third-order valence-corrected chi connectivity index (χ3v) is 2.93. The summed E-state index contributed by atoms with van der Waals surface area (Å²) >= 11 is 0. The summed E-state index contributed by atoms with van der Waals surface area (Å²) in [5, 5.41) is 6.16. The van der Waals surface area contributed by atoms with Gasteiger partial charge in [-0.15, -0.1) is 0 Å². The third-order valence-electron chi connectivity index (χ3n) is 2.93. The first-order chi connectivity index (χ1) is 7.86. The molecule has 3 heteroatoms. The Bertz CT molecular complexity index is 331. The summed E-state index contributed by atoms with van der Waals surface area (Å²) in [6.45, 7) is 1.69. The Kier molecular flexibility index (Phi) is 3.94. The zero-order valence-electron chi connectivity index (χ0n) is 9.41. The van der Waals surface area contributed by atoms with E-state index in [-0.39, 0.29) is 11.9 Å². The zero-order chi connectivity index (χ0) is 11.2. The smallest absolute Gasteiger partial charge is 0.237 e. The molecule has 1 amide bonds. The van der Waals surface area contributed by atoms with Gasteiger partial charge in [-0.25, -0.2) is 0 Å². The summed E-state index contributed by atoms with van der Waals surface area (Å²) in [6.07, 6.45) is 2.98. The fraction of sp³-hybridized carbons (Fsp3) is 0.462. The molecule has 0 bridgehead atoms. The summed E-state index contributed by atoms with van der Waals surface area (Å²) in [4.78, 5) is 11.7. The van der Waals surface area contributed by atoms with E-state index in [2.05, 4.69) is 22.8 Å². The lowest BCUT2D eigenvalue weighted by Gasteiger charge is -2.10. The first kappa shape index (κ1) is 11.1. The van der Waals surface area contributed by atoms with Gasteiger partial charge in [0, 0.05) is 6.54 Å². The average molecular weight is 218 g/mol. The van der Waals surface area contributed by atoms with Crippen LogP contribution in [0.1, 0.15) is 18.4 Å². The maximum absolute atomic E-state index is 11.7. The van der Waals surface area contributed by atoms with Gasteiger partial charge in [-0.3, -0.25) is 4.79 Å². The number of carbonyl (C=O) groups excluding carboxylic acids is 1. The van der Waals surface area contributed by atoms with Crippen LogP contribution >= 0.6 is 0 Å². The zero-order valence-corrected chi connectivity index (χ0v) is 9.41. The van der Waals surface area contributed by atoms with Crippen molar-refractivity contribution in [2.45, 2.75) is 25.3 Å². The van der Waals surface area contributed by atoms with Gasteiger partial charge < -0.3 is 10.6 Å². The van der Waals surface area contributed by atoms with Crippen molar-refractivity contribution in [1.82, 2.24) is 10.6 Å². The van der Waals surface area contributed by atoms with Crippen molar-refractivity contribution in [2.75, 3.05) is 13.1 Å². The topological polar surface area (TPSA) is 41.1 Å². The molecule has 1 aliphatic heterocycles. The molecule has 0 saturated carbocycles. The number of benzene rings is 1. The molecule has 0 aliphatic carbocycles. The van der Waals surface area contributed by atoms with Gasteiger partial charge in [0.1, 0.15) is 0 Å². The van der Waals surface area contributed by atoms with Crippen LogP contribution in [0, 0.1) is 0 Å². The molecule has 2 N–H and O–H groups in total. The minimum absolute atomic E-state index is 0.0378. The van der Waals surface area contributed by atoms with Crippen LogP contribution in [0.25, 0.3) is 0 Å². The molecule has 16 heavy (non-hydrogen) atoms. The van der Waals surface area contributed by atoms with Crippen LogP contribution in [0.2, 0.25) is 0 Å². The summed E-state index contributed by atoms with van der Waals surface area (Å²) in [5.74, 6) is 0.147. The van der Waals surface area contributed by atoms with Crippen LogP contribution < -0.4 is 10.6 Å². The molecule has 1 saturated heterocycles. The van der Waals surface area contributed by atoms with Gasteiger partial charge in [-0.2, -0.15) is 0 Å². The number of hydrogen-bond donors (Lipinski definition) is 2. The number of carbonyl (C=O) groups is 1. The molecule has 3 nitrogen and oxygen atoms in total. The molecule has 86 valence electrons. The van der Waals surface area contributed by atoms with Crippen LogP contribution in [0.5, 0.6) is 0 Å². The van der Waals surface area contributed by atoms with Gasteiger partial charge in [0.05, 0.1) is 6.04 Å². The van der Waals surface area contributed by atoms with Crippen molar-refractivity contribution in [3.8, 4) is 0 Å². The quantitative estimate of drug-likeness (QED) is 0.794. The van der Waals surface area contributed by atoms with E-state index in [1.54, 1.807) is 0 Å². The SMILES string of the molecule is O=C(NCCc1ccccc1)[C@@H]1CCCN1. The second-order valence-corrected chi connectivity index (χ2v) is 4.18. The molecule has 0 spiro atoms. The summed E-state index contributed by atoms with van der Waals surface area (Å²) in [6, 6.07) is 10.3.